The predicted octanol–water partition coefficient (Wildman–Crippen LogP) is 3.26. The van der Waals surface area contributed by atoms with E-state index in [0.717, 1.165) is 5.69 Å². The van der Waals surface area contributed by atoms with Crippen LogP contribution in [0, 0.1) is 0 Å². The summed E-state index contributed by atoms with van der Waals surface area (Å²) in [6.45, 7) is 14.2. The first-order valence-corrected chi connectivity index (χ1v) is 7.44. The van der Waals surface area contributed by atoms with E-state index in [1.54, 1.807) is 13.0 Å². The van der Waals surface area contributed by atoms with Gasteiger partial charge in [-0.2, -0.15) is 4.79 Å². The molecule has 22 heavy (non-hydrogen) atoms. The molecule has 1 aromatic heterocycles. The number of rotatable bonds is 3. The zero-order valence-corrected chi connectivity index (χ0v) is 14.5. The molecule has 0 aliphatic heterocycles. The van der Waals surface area contributed by atoms with Crippen LogP contribution in [0.1, 0.15) is 65.4 Å². The molecular formula is C17H25N3O2. The number of aromatic nitrogens is 1. The van der Waals surface area contributed by atoms with Gasteiger partial charge in [0.15, 0.2) is 0 Å². The molecule has 1 aromatic rings. The second-order valence-corrected chi connectivity index (χ2v) is 7.26. The summed E-state index contributed by atoms with van der Waals surface area (Å²) >= 11 is 0. The first-order chi connectivity index (χ1) is 10.0. The second kappa shape index (κ2) is 6.41. The van der Waals surface area contributed by atoms with E-state index in [4.69, 9.17) is 9.72 Å². The Bertz CT molecular complexity index is 616. The maximum atomic E-state index is 12.0. The van der Waals surface area contributed by atoms with Crippen LogP contribution in [0.25, 0.3) is 5.53 Å². The maximum Gasteiger partial charge on any atom is 0.422 e. The Balaban J connectivity index is 3.55. The molecule has 0 saturated carbocycles. The van der Waals surface area contributed by atoms with Crippen molar-refractivity contribution < 1.29 is 14.3 Å². The Hall–Kier alpha value is -2.00. The van der Waals surface area contributed by atoms with Crippen molar-refractivity contribution in [2.24, 2.45) is 0 Å². The van der Waals surface area contributed by atoms with E-state index in [1.165, 1.54) is 0 Å². The zero-order valence-electron chi connectivity index (χ0n) is 14.5. The monoisotopic (exact) mass is 303 g/mol. The third-order valence-electron chi connectivity index (χ3n) is 3.20. The minimum Gasteiger partial charge on any atom is -0.457 e. The summed E-state index contributed by atoms with van der Waals surface area (Å²) in [7, 11) is 0. The summed E-state index contributed by atoms with van der Waals surface area (Å²) < 4.78 is 4.96. The van der Waals surface area contributed by atoms with Gasteiger partial charge in [0.25, 0.3) is 0 Å². The molecule has 0 aliphatic rings. The van der Waals surface area contributed by atoms with Gasteiger partial charge in [-0.05, 0) is 19.1 Å². The van der Waals surface area contributed by atoms with Crippen LogP contribution in [0.4, 0.5) is 0 Å². The molecule has 1 heterocycles. The van der Waals surface area contributed by atoms with Gasteiger partial charge in [-0.25, -0.2) is 4.79 Å². The van der Waals surface area contributed by atoms with Crippen LogP contribution >= 0.6 is 0 Å². The molecule has 0 radical (unpaired) electrons. The van der Waals surface area contributed by atoms with Crippen molar-refractivity contribution in [3.05, 3.63) is 34.6 Å². The van der Waals surface area contributed by atoms with Gasteiger partial charge in [-0.3, -0.25) is 4.98 Å². The topological polar surface area (TPSA) is 75.6 Å². The molecule has 5 heteroatoms. The minimum atomic E-state index is -0.652. The number of pyridine rings is 1. The van der Waals surface area contributed by atoms with E-state index in [-0.39, 0.29) is 23.1 Å². The van der Waals surface area contributed by atoms with Crippen LogP contribution in [0.2, 0.25) is 0 Å². The average Bonchev–Trinajstić information content (AvgIpc) is 2.37. The molecule has 1 rings (SSSR count). The van der Waals surface area contributed by atoms with Gasteiger partial charge in [-0.15, -0.1) is 0 Å². The van der Waals surface area contributed by atoms with Crippen LogP contribution in [0.3, 0.4) is 0 Å². The Labute approximate surface area is 132 Å². The molecule has 0 aromatic carbocycles. The largest absolute Gasteiger partial charge is 0.457 e. The van der Waals surface area contributed by atoms with Gasteiger partial charge < -0.3 is 10.3 Å². The van der Waals surface area contributed by atoms with Crippen LogP contribution in [0.15, 0.2) is 12.1 Å². The summed E-state index contributed by atoms with van der Waals surface area (Å²) in [4.78, 5) is 19.9. The van der Waals surface area contributed by atoms with E-state index in [9.17, 15) is 10.3 Å². The minimum absolute atomic E-state index is 0.111. The van der Waals surface area contributed by atoms with Crippen molar-refractivity contribution in [3.8, 4) is 0 Å². The summed E-state index contributed by atoms with van der Waals surface area (Å²) in [6.07, 6.45) is 0. The molecule has 0 N–H and O–H groups in total. The summed E-state index contributed by atoms with van der Waals surface area (Å²) in [5.41, 5.74) is 10.9. The fourth-order valence-corrected chi connectivity index (χ4v) is 2.04. The standard InChI is InChI=1S/C17H25N3O2/c1-8-22-15(21)13(20-18)11-9-10-12(16(2,3)4)19-14(11)17(5,6)7/h9-10H,8H2,1-7H3. The van der Waals surface area contributed by atoms with Gasteiger partial charge in [0.05, 0.1) is 17.9 Å². The SMILES string of the molecule is CCOC(=O)C(=[N+]=[N-])c1ccc(C(C)(C)C)nc1C(C)(C)C. The fourth-order valence-electron chi connectivity index (χ4n) is 2.04. The van der Waals surface area contributed by atoms with Crippen molar-refractivity contribution in [2.75, 3.05) is 6.61 Å². The van der Waals surface area contributed by atoms with E-state index >= 15 is 0 Å². The summed E-state index contributed by atoms with van der Waals surface area (Å²) in [6, 6.07) is 3.63. The average molecular weight is 303 g/mol. The second-order valence-electron chi connectivity index (χ2n) is 7.26. The highest BCUT2D eigenvalue weighted by molar-refractivity contribution is 6.41. The highest BCUT2D eigenvalue weighted by Gasteiger charge is 2.33. The molecular weight excluding hydrogens is 278 g/mol. The lowest BCUT2D eigenvalue weighted by atomic mass is 9.84. The Kier molecular flexibility index (Phi) is 5.26. The molecule has 0 spiro atoms. The molecule has 0 fully saturated rings. The third-order valence-corrected chi connectivity index (χ3v) is 3.20. The van der Waals surface area contributed by atoms with Crippen LogP contribution in [-0.4, -0.2) is 28.1 Å². The van der Waals surface area contributed by atoms with Gasteiger partial charge in [0, 0.05) is 16.5 Å². The molecule has 120 valence electrons. The van der Waals surface area contributed by atoms with Gasteiger partial charge in [0.1, 0.15) is 0 Å². The number of nitrogens with zero attached hydrogens (tertiary/aromatic N) is 3. The predicted molar refractivity (Wildman–Crippen MR) is 86.0 cm³/mol. The number of ether oxygens (including phenoxy) is 1. The summed E-state index contributed by atoms with van der Waals surface area (Å²) in [5, 5.41) is 0. The van der Waals surface area contributed by atoms with Crippen LogP contribution in [-0.2, 0) is 20.4 Å². The maximum absolute atomic E-state index is 12.0. The van der Waals surface area contributed by atoms with Crippen molar-refractivity contribution in [3.63, 3.8) is 0 Å². The zero-order chi connectivity index (χ0) is 17.1. The third kappa shape index (κ3) is 4.01. The van der Waals surface area contributed by atoms with E-state index < -0.39 is 5.97 Å². The van der Waals surface area contributed by atoms with Crippen molar-refractivity contribution in [1.29, 1.82) is 0 Å². The fraction of sp³-hybridized carbons (Fsp3) is 0.588. The Morgan fingerprint density at radius 1 is 1.18 bits per heavy atom. The molecule has 5 nitrogen and oxygen atoms in total. The van der Waals surface area contributed by atoms with Crippen molar-refractivity contribution in [2.45, 2.75) is 59.3 Å². The molecule has 0 aliphatic carbocycles. The lowest BCUT2D eigenvalue weighted by Gasteiger charge is -2.24. The number of hydrogen-bond donors (Lipinski definition) is 0. The van der Waals surface area contributed by atoms with Gasteiger partial charge in [-0.1, -0.05) is 41.5 Å². The Morgan fingerprint density at radius 3 is 2.18 bits per heavy atom. The van der Waals surface area contributed by atoms with Crippen molar-refractivity contribution >= 4 is 11.7 Å². The smallest absolute Gasteiger partial charge is 0.422 e. The molecule has 0 bridgehead atoms. The summed E-state index contributed by atoms with van der Waals surface area (Å²) in [5.74, 6) is -0.652. The normalized spacial score (nSPS) is 11.8. The van der Waals surface area contributed by atoms with Gasteiger partial charge >= 0.3 is 11.7 Å². The molecule has 0 amide bonds. The number of esters is 1. The Morgan fingerprint density at radius 2 is 1.77 bits per heavy atom. The van der Waals surface area contributed by atoms with Gasteiger partial charge in [0.2, 0.25) is 0 Å². The van der Waals surface area contributed by atoms with Crippen LogP contribution < -0.4 is 0 Å². The first kappa shape index (κ1) is 18.1. The first-order valence-electron chi connectivity index (χ1n) is 7.44. The van der Waals surface area contributed by atoms with E-state index in [0.29, 0.717) is 11.3 Å². The quantitative estimate of drug-likeness (QED) is 0.372. The van der Waals surface area contributed by atoms with Crippen LogP contribution in [0.5, 0.6) is 0 Å². The van der Waals surface area contributed by atoms with E-state index in [2.05, 4.69) is 25.6 Å². The highest BCUT2D eigenvalue weighted by Crippen LogP contribution is 2.28. The lowest BCUT2D eigenvalue weighted by Crippen LogP contribution is -2.28. The molecule has 0 unspecified atom stereocenters. The highest BCUT2D eigenvalue weighted by atomic mass is 16.5. The van der Waals surface area contributed by atoms with E-state index in [1.807, 2.05) is 26.8 Å². The molecule has 0 atom stereocenters. The number of hydrogen-bond acceptors (Lipinski definition) is 3. The number of carbonyl (C=O) groups excluding carboxylic acids is 1. The molecule has 0 saturated heterocycles. The number of carbonyl (C=O) groups is 1. The van der Waals surface area contributed by atoms with Crippen molar-refractivity contribution in [1.82, 2.24) is 4.98 Å². The lowest BCUT2D eigenvalue weighted by molar-refractivity contribution is -0.139.